The first-order valence-corrected chi connectivity index (χ1v) is 12.6. The van der Waals surface area contributed by atoms with Crippen LogP contribution in [0.5, 0.6) is 0 Å². The number of carbonyl (C=O) groups is 1. The van der Waals surface area contributed by atoms with Gasteiger partial charge in [-0.15, -0.1) is 0 Å². The number of rotatable bonds is 7. The van der Waals surface area contributed by atoms with Gasteiger partial charge in [0.2, 0.25) is 15.9 Å². The molecule has 3 rings (SSSR count). The molecule has 1 heterocycles. The molecule has 1 aliphatic heterocycles. The van der Waals surface area contributed by atoms with Crippen molar-refractivity contribution in [2.75, 3.05) is 48.2 Å². The van der Waals surface area contributed by atoms with E-state index in [-0.39, 0.29) is 5.91 Å². The van der Waals surface area contributed by atoms with E-state index < -0.39 is 10.0 Å². The van der Waals surface area contributed by atoms with Gasteiger partial charge >= 0.3 is 0 Å². The van der Waals surface area contributed by atoms with Crippen molar-refractivity contribution in [1.29, 1.82) is 0 Å². The van der Waals surface area contributed by atoms with E-state index in [0.29, 0.717) is 38.2 Å². The van der Waals surface area contributed by atoms with E-state index in [1.165, 1.54) is 27.4 Å². The number of sulfonamides is 1. The number of hydrogen-bond acceptors (Lipinski definition) is 4. The summed E-state index contributed by atoms with van der Waals surface area (Å²) in [7, 11) is -3.40. The Morgan fingerprint density at radius 1 is 0.968 bits per heavy atom. The molecule has 1 amide bonds. The van der Waals surface area contributed by atoms with Crippen LogP contribution in [0.4, 0.5) is 11.4 Å². The number of amides is 1. The van der Waals surface area contributed by atoms with Gasteiger partial charge in [-0.3, -0.25) is 9.10 Å². The van der Waals surface area contributed by atoms with Crippen molar-refractivity contribution in [2.24, 2.45) is 0 Å². The number of piperazine rings is 1. The number of carbonyl (C=O) groups excluding carboxylic acids is 1. The molecule has 0 atom stereocenters. The van der Waals surface area contributed by atoms with Gasteiger partial charge in [0.05, 0.1) is 11.9 Å². The average molecular weight is 444 g/mol. The maximum atomic E-state index is 12.7. The summed E-state index contributed by atoms with van der Waals surface area (Å²) in [5.41, 5.74) is 5.53. The van der Waals surface area contributed by atoms with Gasteiger partial charge in [0.15, 0.2) is 0 Å². The minimum Gasteiger partial charge on any atom is -0.368 e. The fourth-order valence-electron chi connectivity index (χ4n) is 4.00. The van der Waals surface area contributed by atoms with Crippen molar-refractivity contribution in [3.05, 3.63) is 59.2 Å². The van der Waals surface area contributed by atoms with E-state index in [9.17, 15) is 13.2 Å². The largest absolute Gasteiger partial charge is 0.368 e. The highest BCUT2D eigenvalue weighted by molar-refractivity contribution is 7.92. The summed E-state index contributed by atoms with van der Waals surface area (Å²) < 4.78 is 25.9. The Hall–Kier alpha value is -2.54. The lowest BCUT2D eigenvalue weighted by atomic mass is 10.1. The van der Waals surface area contributed by atoms with Gasteiger partial charge in [-0.25, -0.2) is 8.42 Å². The second-order valence-corrected chi connectivity index (χ2v) is 10.3. The molecular weight excluding hydrogens is 410 g/mol. The van der Waals surface area contributed by atoms with Gasteiger partial charge in [0.25, 0.3) is 0 Å². The Labute approximate surface area is 186 Å². The SMILES string of the molecule is Cc1ccc(N(CCCC(=O)N2CCN(c3cccc(C)c3C)CC2)S(C)(=O)=O)cc1. The summed E-state index contributed by atoms with van der Waals surface area (Å²) in [5, 5.41) is 0. The highest BCUT2D eigenvalue weighted by Crippen LogP contribution is 2.24. The topological polar surface area (TPSA) is 60.9 Å². The molecule has 0 spiro atoms. The van der Waals surface area contributed by atoms with Crippen LogP contribution in [0.3, 0.4) is 0 Å². The molecular formula is C24H33N3O3S. The molecule has 1 aliphatic rings. The molecule has 0 unspecified atom stereocenters. The number of nitrogens with zero attached hydrogens (tertiary/aromatic N) is 3. The molecule has 7 heteroatoms. The zero-order valence-electron chi connectivity index (χ0n) is 19.0. The van der Waals surface area contributed by atoms with Crippen LogP contribution in [0.1, 0.15) is 29.5 Å². The molecule has 0 aliphatic carbocycles. The molecule has 1 saturated heterocycles. The Morgan fingerprint density at radius 3 is 2.23 bits per heavy atom. The van der Waals surface area contributed by atoms with E-state index in [2.05, 4.69) is 36.9 Å². The average Bonchev–Trinajstić information content (AvgIpc) is 2.73. The maximum Gasteiger partial charge on any atom is 0.232 e. The van der Waals surface area contributed by atoms with Crippen LogP contribution < -0.4 is 9.21 Å². The molecule has 0 N–H and O–H groups in total. The number of benzene rings is 2. The lowest BCUT2D eigenvalue weighted by Gasteiger charge is -2.37. The molecule has 0 radical (unpaired) electrons. The fraction of sp³-hybridized carbons (Fsp3) is 0.458. The highest BCUT2D eigenvalue weighted by atomic mass is 32.2. The third kappa shape index (κ3) is 5.79. The van der Waals surface area contributed by atoms with Crippen LogP contribution in [-0.4, -0.2) is 58.2 Å². The van der Waals surface area contributed by atoms with Crippen molar-refractivity contribution in [3.8, 4) is 0 Å². The summed E-state index contributed by atoms with van der Waals surface area (Å²) in [4.78, 5) is 17.0. The summed E-state index contributed by atoms with van der Waals surface area (Å²) in [6.45, 7) is 9.55. The third-order valence-corrected chi connectivity index (χ3v) is 7.22. The first-order valence-electron chi connectivity index (χ1n) is 10.8. The Kier molecular flexibility index (Phi) is 7.26. The summed E-state index contributed by atoms with van der Waals surface area (Å²) >= 11 is 0. The van der Waals surface area contributed by atoms with Crippen LogP contribution in [-0.2, 0) is 14.8 Å². The Bertz CT molecular complexity index is 1010. The smallest absolute Gasteiger partial charge is 0.232 e. The van der Waals surface area contributed by atoms with Crippen LogP contribution in [0.2, 0.25) is 0 Å². The quantitative estimate of drug-likeness (QED) is 0.657. The van der Waals surface area contributed by atoms with Crippen LogP contribution in [0, 0.1) is 20.8 Å². The predicted octanol–water partition coefficient (Wildman–Crippen LogP) is 3.51. The van der Waals surface area contributed by atoms with Gasteiger partial charge < -0.3 is 9.80 Å². The second-order valence-electron chi connectivity index (χ2n) is 8.36. The van der Waals surface area contributed by atoms with Gasteiger partial charge in [-0.05, 0) is 56.5 Å². The second kappa shape index (κ2) is 9.73. The van der Waals surface area contributed by atoms with E-state index >= 15 is 0 Å². The van der Waals surface area contributed by atoms with E-state index in [1.807, 2.05) is 36.1 Å². The minimum absolute atomic E-state index is 0.0953. The van der Waals surface area contributed by atoms with Crippen LogP contribution in [0.25, 0.3) is 0 Å². The Morgan fingerprint density at radius 2 is 1.61 bits per heavy atom. The van der Waals surface area contributed by atoms with Gasteiger partial charge in [0.1, 0.15) is 0 Å². The lowest BCUT2D eigenvalue weighted by molar-refractivity contribution is -0.131. The van der Waals surface area contributed by atoms with E-state index in [0.717, 1.165) is 18.7 Å². The first kappa shape index (κ1) is 23.1. The first-order chi connectivity index (χ1) is 14.7. The molecule has 168 valence electrons. The summed E-state index contributed by atoms with van der Waals surface area (Å²) in [5.74, 6) is 0.0953. The molecule has 0 bridgehead atoms. The number of hydrogen-bond donors (Lipinski definition) is 0. The van der Waals surface area contributed by atoms with Gasteiger partial charge in [-0.1, -0.05) is 29.8 Å². The monoisotopic (exact) mass is 443 g/mol. The molecule has 31 heavy (non-hydrogen) atoms. The van der Waals surface area contributed by atoms with Crippen LogP contribution >= 0.6 is 0 Å². The maximum absolute atomic E-state index is 12.7. The van der Waals surface area contributed by atoms with Crippen molar-refractivity contribution in [2.45, 2.75) is 33.6 Å². The summed E-state index contributed by atoms with van der Waals surface area (Å²) in [6, 6.07) is 13.8. The van der Waals surface area contributed by atoms with Crippen molar-refractivity contribution < 1.29 is 13.2 Å². The number of anilines is 2. The zero-order chi connectivity index (χ0) is 22.6. The minimum atomic E-state index is -3.40. The molecule has 2 aromatic rings. The molecule has 6 nitrogen and oxygen atoms in total. The van der Waals surface area contributed by atoms with Crippen molar-refractivity contribution in [3.63, 3.8) is 0 Å². The third-order valence-electron chi connectivity index (χ3n) is 6.02. The van der Waals surface area contributed by atoms with Gasteiger partial charge in [-0.2, -0.15) is 0 Å². The fourth-order valence-corrected chi connectivity index (χ4v) is 4.97. The predicted molar refractivity (Wildman–Crippen MR) is 127 cm³/mol. The van der Waals surface area contributed by atoms with Crippen molar-refractivity contribution >= 4 is 27.3 Å². The normalized spacial score (nSPS) is 14.6. The lowest BCUT2D eigenvalue weighted by Crippen LogP contribution is -2.49. The van der Waals surface area contributed by atoms with E-state index in [4.69, 9.17) is 0 Å². The van der Waals surface area contributed by atoms with Crippen LogP contribution in [0.15, 0.2) is 42.5 Å². The highest BCUT2D eigenvalue weighted by Gasteiger charge is 2.23. The van der Waals surface area contributed by atoms with Gasteiger partial charge in [0, 0.05) is 44.8 Å². The standard InChI is InChI=1S/C24H33N3O3S/c1-19-10-12-22(13-11-19)27(31(4,29)30)14-6-9-24(28)26-17-15-25(16-18-26)23-8-5-7-20(2)21(23)3/h5,7-8,10-13H,6,9,14-18H2,1-4H3. The zero-order valence-corrected chi connectivity index (χ0v) is 19.8. The Balaban J connectivity index is 1.53. The molecule has 0 aromatic heterocycles. The molecule has 1 fully saturated rings. The summed E-state index contributed by atoms with van der Waals surface area (Å²) in [6.07, 6.45) is 2.06. The molecule has 2 aromatic carbocycles. The number of aryl methyl sites for hydroxylation is 2. The molecule has 0 saturated carbocycles. The van der Waals surface area contributed by atoms with Crippen molar-refractivity contribution in [1.82, 2.24) is 4.90 Å². The van der Waals surface area contributed by atoms with E-state index in [1.54, 1.807) is 0 Å².